The maximum absolute atomic E-state index is 12.7. The number of nitrogens with zero attached hydrogens (tertiary/aromatic N) is 1. The lowest BCUT2D eigenvalue weighted by molar-refractivity contribution is -0.123. The van der Waals surface area contributed by atoms with Crippen molar-refractivity contribution in [2.24, 2.45) is 5.92 Å². The van der Waals surface area contributed by atoms with Crippen molar-refractivity contribution in [1.82, 2.24) is 10.3 Å². The molecule has 30 heavy (non-hydrogen) atoms. The summed E-state index contributed by atoms with van der Waals surface area (Å²) in [4.78, 5) is 17.3. The van der Waals surface area contributed by atoms with Gasteiger partial charge in [0, 0.05) is 28.9 Å². The number of carbonyl (C=O) groups is 1. The Bertz CT molecular complexity index is 938. The second-order valence-electron chi connectivity index (χ2n) is 9.12. The first kappa shape index (κ1) is 22.4. The number of hydrogen-bond acceptors (Lipinski definition) is 4. The number of hydrogen-bond donors (Lipinski definition) is 3. The van der Waals surface area contributed by atoms with Crippen molar-refractivity contribution in [3.63, 3.8) is 0 Å². The third kappa shape index (κ3) is 5.46. The van der Waals surface area contributed by atoms with Crippen LogP contribution in [0.1, 0.15) is 68.5 Å². The SMILES string of the molecule is Cc1cc([C@@H](C)NC(=O)C2CC2c2ccc(C(C)(C)C)nc2)ccc1NCS(=O)O. The summed E-state index contributed by atoms with van der Waals surface area (Å²) in [5, 5.41) is 6.06. The number of carbonyl (C=O) groups excluding carboxylic acids is 1. The van der Waals surface area contributed by atoms with Gasteiger partial charge in [0.25, 0.3) is 0 Å². The van der Waals surface area contributed by atoms with Crippen molar-refractivity contribution in [3.8, 4) is 0 Å². The van der Waals surface area contributed by atoms with E-state index in [1.54, 1.807) is 0 Å². The Kier molecular flexibility index (Phi) is 6.62. The molecule has 1 aromatic carbocycles. The molecule has 162 valence electrons. The first-order chi connectivity index (χ1) is 14.1. The van der Waals surface area contributed by atoms with Gasteiger partial charge in [-0.25, -0.2) is 4.21 Å². The number of nitrogens with one attached hydrogen (secondary N) is 2. The van der Waals surface area contributed by atoms with Crippen LogP contribution in [0.5, 0.6) is 0 Å². The van der Waals surface area contributed by atoms with Gasteiger partial charge in [-0.1, -0.05) is 39.0 Å². The third-order valence-electron chi connectivity index (χ3n) is 5.61. The lowest BCUT2D eigenvalue weighted by Crippen LogP contribution is -2.28. The van der Waals surface area contributed by atoms with Crippen LogP contribution in [0.2, 0.25) is 0 Å². The number of aryl methyl sites for hydroxylation is 1. The standard InChI is InChI=1S/C23H31N3O3S/c1-14-10-16(6-8-20(14)25-13-30(28)29)15(2)26-22(27)19-11-18(19)17-7-9-21(24-12-17)23(3,4)5/h6-10,12,15,18-19,25H,11,13H2,1-5H3,(H,26,27)(H,28,29)/t15-,18?,19?/m1/s1. The maximum Gasteiger partial charge on any atom is 0.224 e. The molecule has 0 radical (unpaired) electrons. The van der Waals surface area contributed by atoms with Crippen LogP contribution < -0.4 is 10.6 Å². The molecule has 1 aliphatic rings. The molecule has 1 aliphatic carbocycles. The van der Waals surface area contributed by atoms with Crippen molar-refractivity contribution >= 4 is 22.7 Å². The van der Waals surface area contributed by atoms with Gasteiger partial charge in [0.05, 0.1) is 6.04 Å². The Hall–Kier alpha value is -2.25. The highest BCUT2D eigenvalue weighted by molar-refractivity contribution is 7.79. The van der Waals surface area contributed by atoms with E-state index in [9.17, 15) is 9.00 Å². The summed E-state index contributed by atoms with van der Waals surface area (Å²) >= 11 is -1.89. The first-order valence-corrected chi connectivity index (χ1v) is 11.5. The average Bonchev–Trinajstić information content (AvgIpc) is 3.47. The van der Waals surface area contributed by atoms with Crippen LogP contribution in [-0.4, -0.2) is 25.5 Å². The van der Waals surface area contributed by atoms with E-state index in [1.165, 1.54) is 0 Å². The van der Waals surface area contributed by atoms with Crippen molar-refractivity contribution in [1.29, 1.82) is 0 Å². The maximum atomic E-state index is 12.7. The Balaban J connectivity index is 1.57. The lowest BCUT2D eigenvalue weighted by atomic mass is 9.91. The third-order valence-corrected chi connectivity index (χ3v) is 6.00. The highest BCUT2D eigenvalue weighted by atomic mass is 32.2. The summed E-state index contributed by atoms with van der Waals surface area (Å²) in [5.41, 5.74) is 4.99. The molecule has 0 spiro atoms. The van der Waals surface area contributed by atoms with Gasteiger partial charge >= 0.3 is 0 Å². The smallest absolute Gasteiger partial charge is 0.224 e. The van der Waals surface area contributed by atoms with Gasteiger partial charge in [-0.15, -0.1) is 0 Å². The summed E-state index contributed by atoms with van der Waals surface area (Å²) in [6.07, 6.45) is 2.77. The normalized spacial score (nSPS) is 20.3. The van der Waals surface area contributed by atoms with E-state index in [4.69, 9.17) is 4.55 Å². The molecule has 6 nitrogen and oxygen atoms in total. The number of pyridine rings is 1. The van der Waals surface area contributed by atoms with E-state index in [0.29, 0.717) is 0 Å². The zero-order valence-electron chi connectivity index (χ0n) is 18.2. The van der Waals surface area contributed by atoms with Crippen LogP contribution in [0.4, 0.5) is 5.69 Å². The van der Waals surface area contributed by atoms with E-state index in [0.717, 1.165) is 34.5 Å². The molecule has 3 N–H and O–H groups in total. The minimum Gasteiger partial charge on any atom is -0.371 e. The minimum absolute atomic E-state index is 0.00342. The van der Waals surface area contributed by atoms with Crippen LogP contribution in [0.25, 0.3) is 0 Å². The number of anilines is 1. The van der Waals surface area contributed by atoms with Gasteiger partial charge in [0.2, 0.25) is 5.91 Å². The van der Waals surface area contributed by atoms with E-state index in [2.05, 4.69) is 48.5 Å². The highest BCUT2D eigenvalue weighted by Crippen LogP contribution is 2.47. The van der Waals surface area contributed by atoms with Crippen LogP contribution in [0, 0.1) is 12.8 Å². The average molecular weight is 430 g/mol. The molecular weight excluding hydrogens is 398 g/mol. The number of rotatable bonds is 7. The van der Waals surface area contributed by atoms with Crippen molar-refractivity contribution in [2.75, 3.05) is 11.2 Å². The molecular formula is C23H31N3O3S. The van der Waals surface area contributed by atoms with Crippen LogP contribution in [0.15, 0.2) is 36.5 Å². The molecule has 0 saturated heterocycles. The van der Waals surface area contributed by atoms with Gasteiger partial charge in [-0.3, -0.25) is 9.78 Å². The Morgan fingerprint density at radius 2 is 2.03 bits per heavy atom. The molecule has 0 bridgehead atoms. The van der Waals surface area contributed by atoms with Crippen LogP contribution in [0.3, 0.4) is 0 Å². The van der Waals surface area contributed by atoms with Crippen LogP contribution in [-0.2, 0) is 21.3 Å². The molecule has 3 rings (SSSR count). The zero-order chi connectivity index (χ0) is 22.1. The largest absolute Gasteiger partial charge is 0.371 e. The molecule has 4 atom stereocenters. The molecule has 1 heterocycles. The molecule has 1 aromatic heterocycles. The quantitative estimate of drug-likeness (QED) is 0.572. The van der Waals surface area contributed by atoms with Crippen molar-refractivity contribution in [2.45, 2.75) is 58.4 Å². The fourth-order valence-electron chi connectivity index (χ4n) is 3.62. The second-order valence-corrected chi connectivity index (χ2v) is 10.1. The summed E-state index contributed by atoms with van der Waals surface area (Å²) in [7, 11) is 0. The summed E-state index contributed by atoms with van der Waals surface area (Å²) in [5.74, 6) is 0.298. The highest BCUT2D eigenvalue weighted by Gasteiger charge is 2.44. The van der Waals surface area contributed by atoms with E-state index >= 15 is 0 Å². The van der Waals surface area contributed by atoms with Crippen molar-refractivity contribution < 1.29 is 13.6 Å². The predicted molar refractivity (Wildman–Crippen MR) is 121 cm³/mol. The fourth-order valence-corrected chi connectivity index (χ4v) is 3.90. The van der Waals surface area contributed by atoms with E-state index < -0.39 is 11.1 Å². The van der Waals surface area contributed by atoms with E-state index in [-0.39, 0.29) is 35.1 Å². The Labute approximate surface area is 181 Å². The monoisotopic (exact) mass is 429 g/mol. The van der Waals surface area contributed by atoms with Gasteiger partial charge in [-0.2, -0.15) is 0 Å². The number of amides is 1. The molecule has 1 amide bonds. The summed E-state index contributed by atoms with van der Waals surface area (Å²) < 4.78 is 19.8. The molecule has 2 aromatic rings. The lowest BCUT2D eigenvalue weighted by Gasteiger charge is -2.18. The molecule has 1 saturated carbocycles. The predicted octanol–water partition coefficient (Wildman–Crippen LogP) is 4.26. The van der Waals surface area contributed by atoms with Gasteiger partial charge in [0.1, 0.15) is 5.88 Å². The first-order valence-electron chi connectivity index (χ1n) is 10.2. The Morgan fingerprint density at radius 3 is 2.60 bits per heavy atom. The summed E-state index contributed by atoms with van der Waals surface area (Å²) in [6, 6.07) is 9.86. The summed E-state index contributed by atoms with van der Waals surface area (Å²) in [6.45, 7) is 10.3. The topological polar surface area (TPSA) is 91.3 Å². The van der Waals surface area contributed by atoms with Crippen molar-refractivity contribution in [3.05, 3.63) is 58.9 Å². The van der Waals surface area contributed by atoms with E-state index in [1.807, 2.05) is 38.2 Å². The fraction of sp³-hybridized carbons (Fsp3) is 0.478. The second kappa shape index (κ2) is 8.86. The molecule has 1 fully saturated rings. The minimum atomic E-state index is -1.89. The van der Waals surface area contributed by atoms with Gasteiger partial charge in [-0.05, 0) is 55.0 Å². The van der Waals surface area contributed by atoms with Gasteiger partial charge < -0.3 is 15.2 Å². The Morgan fingerprint density at radius 1 is 1.30 bits per heavy atom. The molecule has 3 unspecified atom stereocenters. The number of benzene rings is 1. The van der Waals surface area contributed by atoms with Gasteiger partial charge in [0.15, 0.2) is 11.1 Å². The number of aromatic nitrogens is 1. The molecule has 0 aliphatic heterocycles. The molecule has 7 heteroatoms. The van der Waals surface area contributed by atoms with Crippen LogP contribution >= 0.6 is 0 Å². The zero-order valence-corrected chi connectivity index (χ0v) is 19.0.